The summed E-state index contributed by atoms with van der Waals surface area (Å²) < 4.78 is 1.44. The Morgan fingerprint density at radius 3 is 2.71 bits per heavy atom. The van der Waals surface area contributed by atoms with Crippen LogP contribution >= 0.6 is 0 Å². The Kier molecular flexibility index (Phi) is 2.67. The lowest BCUT2D eigenvalue weighted by Gasteiger charge is -2.19. The lowest BCUT2D eigenvalue weighted by atomic mass is 10.1. The molecule has 0 amide bonds. The number of rotatable bonds is 3. The molecule has 0 bridgehead atoms. The Hall–Kier alpha value is -2.17. The topological polar surface area (TPSA) is 68.0 Å². The van der Waals surface area contributed by atoms with E-state index in [2.05, 4.69) is 10.1 Å². The van der Waals surface area contributed by atoms with Gasteiger partial charge in [-0.25, -0.2) is 4.79 Å². The number of hydrogen-bond acceptors (Lipinski definition) is 3. The van der Waals surface area contributed by atoms with E-state index in [4.69, 9.17) is 5.11 Å². The number of pyridine rings is 1. The number of aliphatic carboxylic acids is 1. The molecule has 2 heterocycles. The van der Waals surface area contributed by atoms with E-state index in [1.54, 1.807) is 38.6 Å². The van der Waals surface area contributed by atoms with E-state index in [1.807, 2.05) is 12.1 Å². The van der Waals surface area contributed by atoms with Crippen molar-refractivity contribution in [2.45, 2.75) is 19.4 Å². The zero-order chi connectivity index (χ0) is 12.5. The number of aromatic nitrogens is 3. The zero-order valence-corrected chi connectivity index (χ0v) is 9.66. The Morgan fingerprint density at radius 2 is 2.12 bits per heavy atom. The summed E-state index contributed by atoms with van der Waals surface area (Å²) in [6.45, 7) is 3.21. The van der Waals surface area contributed by atoms with Crippen LogP contribution in [0, 0.1) is 0 Å². The Bertz CT molecular complexity index is 532. The Labute approximate surface area is 98.7 Å². The van der Waals surface area contributed by atoms with E-state index < -0.39 is 11.5 Å². The molecule has 0 atom stereocenters. The average Bonchev–Trinajstić information content (AvgIpc) is 2.80. The maximum Gasteiger partial charge on any atom is 0.331 e. The van der Waals surface area contributed by atoms with Crippen LogP contribution in [0.5, 0.6) is 0 Å². The molecule has 2 rings (SSSR count). The average molecular weight is 231 g/mol. The fraction of sp³-hybridized carbons (Fsp3) is 0.250. The predicted octanol–water partition coefficient (Wildman–Crippen LogP) is 1.76. The van der Waals surface area contributed by atoms with Gasteiger partial charge >= 0.3 is 5.97 Å². The van der Waals surface area contributed by atoms with Gasteiger partial charge in [-0.1, -0.05) is 6.07 Å². The third-order valence-electron chi connectivity index (χ3n) is 2.67. The number of nitrogens with zero attached hydrogens (tertiary/aromatic N) is 3. The first-order valence-corrected chi connectivity index (χ1v) is 5.21. The van der Waals surface area contributed by atoms with Crippen molar-refractivity contribution in [3.8, 4) is 11.1 Å². The van der Waals surface area contributed by atoms with E-state index in [0.29, 0.717) is 0 Å². The molecule has 0 saturated carbocycles. The molecule has 0 aliphatic carbocycles. The maximum absolute atomic E-state index is 11.1. The van der Waals surface area contributed by atoms with Crippen molar-refractivity contribution < 1.29 is 9.90 Å². The second kappa shape index (κ2) is 4.01. The molecule has 0 aliphatic rings. The van der Waals surface area contributed by atoms with Gasteiger partial charge < -0.3 is 5.11 Å². The predicted molar refractivity (Wildman–Crippen MR) is 62.4 cm³/mol. The molecular weight excluding hydrogens is 218 g/mol. The molecule has 0 unspecified atom stereocenters. The van der Waals surface area contributed by atoms with Crippen molar-refractivity contribution >= 4 is 5.97 Å². The van der Waals surface area contributed by atoms with Crippen molar-refractivity contribution in [2.24, 2.45) is 0 Å². The number of hydrogen-bond donors (Lipinski definition) is 1. The molecule has 88 valence electrons. The summed E-state index contributed by atoms with van der Waals surface area (Å²) in [5.74, 6) is -0.918. The first-order chi connectivity index (χ1) is 8.01. The normalized spacial score (nSPS) is 11.4. The summed E-state index contributed by atoms with van der Waals surface area (Å²) in [7, 11) is 0. The van der Waals surface area contributed by atoms with Gasteiger partial charge in [0.25, 0.3) is 0 Å². The highest BCUT2D eigenvalue weighted by Gasteiger charge is 2.30. The molecule has 0 spiro atoms. The largest absolute Gasteiger partial charge is 0.479 e. The first-order valence-electron chi connectivity index (χ1n) is 5.21. The van der Waals surface area contributed by atoms with Crippen LogP contribution in [0.25, 0.3) is 11.1 Å². The van der Waals surface area contributed by atoms with E-state index in [-0.39, 0.29) is 0 Å². The number of carbonyl (C=O) groups is 1. The van der Waals surface area contributed by atoms with Crippen LogP contribution < -0.4 is 0 Å². The van der Waals surface area contributed by atoms with E-state index in [0.717, 1.165) is 11.1 Å². The molecule has 5 nitrogen and oxygen atoms in total. The van der Waals surface area contributed by atoms with Gasteiger partial charge in [0.05, 0.1) is 6.20 Å². The molecule has 5 heteroatoms. The molecule has 0 aromatic carbocycles. The van der Waals surface area contributed by atoms with E-state index in [9.17, 15) is 4.79 Å². The molecule has 2 aromatic rings. The maximum atomic E-state index is 11.1. The molecular formula is C12H13N3O2. The van der Waals surface area contributed by atoms with Gasteiger partial charge in [-0.2, -0.15) is 5.10 Å². The van der Waals surface area contributed by atoms with E-state index in [1.165, 1.54) is 4.68 Å². The van der Waals surface area contributed by atoms with Crippen LogP contribution in [0.4, 0.5) is 0 Å². The van der Waals surface area contributed by atoms with Gasteiger partial charge in [-0.15, -0.1) is 0 Å². The summed E-state index contributed by atoms with van der Waals surface area (Å²) in [6, 6.07) is 3.73. The minimum absolute atomic E-state index is 0.854. The second-order valence-electron chi connectivity index (χ2n) is 4.28. The molecule has 0 aliphatic heterocycles. The summed E-state index contributed by atoms with van der Waals surface area (Å²) in [4.78, 5) is 15.1. The summed E-state index contributed by atoms with van der Waals surface area (Å²) in [6.07, 6.45) is 6.76. The van der Waals surface area contributed by atoms with E-state index >= 15 is 0 Å². The minimum Gasteiger partial charge on any atom is -0.479 e. The van der Waals surface area contributed by atoms with Crippen molar-refractivity contribution in [2.75, 3.05) is 0 Å². The number of carboxylic acids is 1. The Morgan fingerprint density at radius 1 is 1.35 bits per heavy atom. The van der Waals surface area contributed by atoms with Crippen LogP contribution in [0.15, 0.2) is 36.9 Å². The summed E-state index contributed by atoms with van der Waals surface area (Å²) >= 11 is 0. The van der Waals surface area contributed by atoms with Crippen LogP contribution in [-0.4, -0.2) is 25.8 Å². The molecule has 0 fully saturated rings. The summed E-state index contributed by atoms with van der Waals surface area (Å²) in [5.41, 5.74) is 0.716. The third-order valence-corrected chi connectivity index (χ3v) is 2.67. The van der Waals surface area contributed by atoms with Crippen molar-refractivity contribution in [1.82, 2.24) is 14.8 Å². The number of carboxylic acid groups (broad SMARTS) is 1. The van der Waals surface area contributed by atoms with Gasteiger partial charge in [-0.05, 0) is 19.9 Å². The quantitative estimate of drug-likeness (QED) is 0.874. The van der Waals surface area contributed by atoms with Crippen LogP contribution in [0.3, 0.4) is 0 Å². The van der Waals surface area contributed by atoms with Gasteiger partial charge in [0.1, 0.15) is 0 Å². The molecule has 1 N–H and O–H groups in total. The van der Waals surface area contributed by atoms with Gasteiger partial charge in [0, 0.05) is 29.7 Å². The molecule has 0 radical (unpaired) electrons. The first kappa shape index (κ1) is 11.3. The Balaban J connectivity index is 2.38. The highest BCUT2D eigenvalue weighted by atomic mass is 16.4. The highest BCUT2D eigenvalue weighted by Crippen LogP contribution is 2.21. The molecule has 17 heavy (non-hydrogen) atoms. The fourth-order valence-electron chi connectivity index (χ4n) is 1.41. The lowest BCUT2D eigenvalue weighted by molar-refractivity contribution is -0.146. The smallest absolute Gasteiger partial charge is 0.331 e. The van der Waals surface area contributed by atoms with Crippen LogP contribution in [0.2, 0.25) is 0 Å². The lowest BCUT2D eigenvalue weighted by Crippen LogP contribution is -2.35. The summed E-state index contributed by atoms with van der Waals surface area (Å²) in [5, 5.41) is 13.2. The van der Waals surface area contributed by atoms with Gasteiger partial charge in [0.15, 0.2) is 5.54 Å². The SMILES string of the molecule is CC(C)(C(=O)O)n1cc(-c2cccnc2)cn1. The van der Waals surface area contributed by atoms with Crippen molar-refractivity contribution in [3.05, 3.63) is 36.9 Å². The third kappa shape index (κ3) is 2.04. The minimum atomic E-state index is -1.06. The van der Waals surface area contributed by atoms with Gasteiger partial charge in [0.2, 0.25) is 0 Å². The molecule has 0 saturated heterocycles. The standard InChI is InChI=1S/C12H13N3O2/c1-12(2,11(16)17)15-8-10(7-14-15)9-4-3-5-13-6-9/h3-8H,1-2H3,(H,16,17). The van der Waals surface area contributed by atoms with Crippen molar-refractivity contribution in [3.63, 3.8) is 0 Å². The van der Waals surface area contributed by atoms with Crippen LogP contribution in [0.1, 0.15) is 13.8 Å². The zero-order valence-electron chi connectivity index (χ0n) is 9.66. The van der Waals surface area contributed by atoms with Crippen molar-refractivity contribution in [1.29, 1.82) is 0 Å². The monoisotopic (exact) mass is 231 g/mol. The van der Waals surface area contributed by atoms with Crippen LogP contribution in [-0.2, 0) is 10.3 Å². The fourth-order valence-corrected chi connectivity index (χ4v) is 1.41. The molecule has 2 aromatic heterocycles. The second-order valence-corrected chi connectivity index (χ2v) is 4.28. The highest BCUT2D eigenvalue weighted by molar-refractivity contribution is 5.75. The van der Waals surface area contributed by atoms with Gasteiger partial charge in [-0.3, -0.25) is 9.67 Å².